The SMILES string of the molecule is CCCCCc1cc2c(c(O)c1C(=O)O)-c1cc3c(c(O)c1[C@H](O)C2)C(=O)c1c(O)cc(O)cc1C3=O. The van der Waals surface area contributed by atoms with E-state index in [0.29, 0.717) is 24.0 Å². The van der Waals surface area contributed by atoms with E-state index < -0.39 is 52.2 Å². The molecule has 6 N–H and O–H groups in total. The number of fused-ring (bicyclic) bond motifs is 5. The van der Waals surface area contributed by atoms with Crippen molar-refractivity contribution < 1.29 is 45.0 Å². The van der Waals surface area contributed by atoms with E-state index in [1.807, 2.05) is 6.92 Å². The standard InChI is InChI=1S/C28H24O9/c1-2-3-4-5-11-6-12-7-17(30)21-14(19(12)25(33)20(11)28(36)37)10-16-23(26(21)34)27(35)22-15(24(16)32)8-13(29)9-18(22)31/h6,8-10,17,29-31,33-34H,2-5,7H2,1H3,(H,36,37)/t17-/m1/s1. The maximum absolute atomic E-state index is 13.3. The van der Waals surface area contributed by atoms with E-state index in [0.717, 1.165) is 25.0 Å². The van der Waals surface area contributed by atoms with Crippen molar-refractivity contribution in [3.63, 3.8) is 0 Å². The molecule has 5 rings (SSSR count). The summed E-state index contributed by atoms with van der Waals surface area (Å²) in [4.78, 5) is 38.7. The number of aromatic carboxylic acids is 1. The number of hydrogen-bond donors (Lipinski definition) is 6. The molecule has 37 heavy (non-hydrogen) atoms. The molecule has 0 aromatic heterocycles. The van der Waals surface area contributed by atoms with Crippen molar-refractivity contribution >= 4 is 17.5 Å². The fraction of sp³-hybridized carbons (Fsp3) is 0.250. The van der Waals surface area contributed by atoms with Crippen LogP contribution in [0.1, 0.15) is 91.2 Å². The lowest BCUT2D eigenvalue weighted by molar-refractivity contribution is 0.0692. The van der Waals surface area contributed by atoms with E-state index in [9.17, 15) is 45.0 Å². The molecule has 0 bridgehead atoms. The average molecular weight is 504 g/mol. The third-order valence-electron chi connectivity index (χ3n) is 7.13. The lowest BCUT2D eigenvalue weighted by Crippen LogP contribution is -2.24. The van der Waals surface area contributed by atoms with E-state index in [1.165, 1.54) is 6.07 Å². The molecule has 0 heterocycles. The number of benzene rings is 3. The summed E-state index contributed by atoms with van der Waals surface area (Å²) in [5.74, 6) is -5.30. The van der Waals surface area contributed by atoms with Gasteiger partial charge in [-0.2, -0.15) is 0 Å². The summed E-state index contributed by atoms with van der Waals surface area (Å²) in [6.45, 7) is 2.01. The first-order valence-electron chi connectivity index (χ1n) is 11.9. The smallest absolute Gasteiger partial charge is 0.339 e. The molecule has 0 unspecified atom stereocenters. The molecule has 3 aromatic carbocycles. The first-order chi connectivity index (χ1) is 17.6. The predicted octanol–water partition coefficient (Wildman–Crippen LogP) is 3.97. The van der Waals surface area contributed by atoms with E-state index in [2.05, 4.69) is 0 Å². The molecule has 0 spiro atoms. The van der Waals surface area contributed by atoms with Crippen LogP contribution >= 0.6 is 0 Å². The van der Waals surface area contributed by atoms with Crippen LogP contribution in [-0.4, -0.2) is 48.2 Å². The first-order valence-corrected chi connectivity index (χ1v) is 11.9. The summed E-state index contributed by atoms with van der Waals surface area (Å²) in [6, 6.07) is 4.78. The second-order valence-corrected chi connectivity index (χ2v) is 9.43. The van der Waals surface area contributed by atoms with Gasteiger partial charge < -0.3 is 30.6 Å². The van der Waals surface area contributed by atoms with Gasteiger partial charge in [-0.3, -0.25) is 9.59 Å². The average Bonchev–Trinajstić information content (AvgIpc) is 2.81. The number of aromatic hydroxyl groups is 4. The van der Waals surface area contributed by atoms with Crippen LogP contribution in [0.2, 0.25) is 0 Å². The van der Waals surface area contributed by atoms with Crippen molar-refractivity contribution in [2.24, 2.45) is 0 Å². The summed E-state index contributed by atoms with van der Waals surface area (Å²) < 4.78 is 0. The summed E-state index contributed by atoms with van der Waals surface area (Å²) in [5.41, 5.74) is -0.817. The lowest BCUT2D eigenvalue weighted by Gasteiger charge is -2.30. The normalized spacial score (nSPS) is 15.6. The molecular formula is C28H24O9. The number of ketones is 2. The van der Waals surface area contributed by atoms with Gasteiger partial charge in [-0.1, -0.05) is 25.8 Å². The van der Waals surface area contributed by atoms with Crippen LogP contribution in [-0.2, 0) is 12.8 Å². The Morgan fingerprint density at radius 3 is 2.24 bits per heavy atom. The molecule has 2 aliphatic carbocycles. The summed E-state index contributed by atoms with van der Waals surface area (Å²) >= 11 is 0. The molecule has 0 saturated heterocycles. The Morgan fingerprint density at radius 1 is 0.865 bits per heavy atom. The van der Waals surface area contributed by atoms with Crippen molar-refractivity contribution in [3.05, 3.63) is 68.8 Å². The zero-order valence-electron chi connectivity index (χ0n) is 19.8. The van der Waals surface area contributed by atoms with Crippen molar-refractivity contribution in [2.75, 3.05) is 0 Å². The number of carboxylic acid groups (broad SMARTS) is 1. The van der Waals surface area contributed by atoms with Crippen LogP contribution in [0.25, 0.3) is 11.1 Å². The molecule has 9 heteroatoms. The largest absolute Gasteiger partial charge is 0.508 e. The second-order valence-electron chi connectivity index (χ2n) is 9.43. The minimum atomic E-state index is -1.34. The van der Waals surface area contributed by atoms with Gasteiger partial charge in [0.2, 0.25) is 5.78 Å². The number of aliphatic hydroxyl groups is 1. The molecule has 2 aliphatic rings. The molecule has 0 amide bonds. The molecule has 9 nitrogen and oxygen atoms in total. The molecular weight excluding hydrogens is 480 g/mol. The van der Waals surface area contributed by atoms with E-state index in [-0.39, 0.29) is 45.4 Å². The lowest BCUT2D eigenvalue weighted by atomic mass is 9.75. The van der Waals surface area contributed by atoms with Crippen molar-refractivity contribution in [1.29, 1.82) is 0 Å². The number of aliphatic hydroxyl groups excluding tert-OH is 1. The molecule has 0 fully saturated rings. The van der Waals surface area contributed by atoms with E-state index in [4.69, 9.17) is 0 Å². The van der Waals surface area contributed by atoms with Crippen LogP contribution in [0.4, 0.5) is 0 Å². The van der Waals surface area contributed by atoms with Crippen LogP contribution in [0, 0.1) is 0 Å². The highest BCUT2D eigenvalue weighted by Gasteiger charge is 2.40. The Morgan fingerprint density at radius 2 is 1.57 bits per heavy atom. The number of carboxylic acids is 1. The van der Waals surface area contributed by atoms with Gasteiger partial charge in [0.15, 0.2) is 5.78 Å². The summed E-state index contributed by atoms with van der Waals surface area (Å²) in [7, 11) is 0. The number of rotatable bonds is 5. The van der Waals surface area contributed by atoms with Gasteiger partial charge in [0, 0.05) is 34.7 Å². The third-order valence-corrected chi connectivity index (χ3v) is 7.13. The van der Waals surface area contributed by atoms with E-state index >= 15 is 0 Å². The Hall–Kier alpha value is -4.37. The maximum atomic E-state index is 13.3. The monoisotopic (exact) mass is 504 g/mol. The van der Waals surface area contributed by atoms with Crippen molar-refractivity contribution in [1.82, 2.24) is 0 Å². The zero-order chi connectivity index (χ0) is 26.8. The maximum Gasteiger partial charge on any atom is 0.339 e. The Kier molecular flexibility index (Phi) is 5.68. The van der Waals surface area contributed by atoms with Gasteiger partial charge in [0.1, 0.15) is 28.6 Å². The first kappa shape index (κ1) is 24.3. The zero-order valence-corrected chi connectivity index (χ0v) is 19.8. The molecule has 0 radical (unpaired) electrons. The predicted molar refractivity (Wildman–Crippen MR) is 131 cm³/mol. The highest BCUT2D eigenvalue weighted by molar-refractivity contribution is 6.31. The number of carbonyl (C=O) groups is 3. The molecule has 1 atom stereocenters. The van der Waals surface area contributed by atoms with Gasteiger partial charge in [-0.05, 0) is 41.7 Å². The summed E-state index contributed by atoms with van der Waals surface area (Å²) in [6.07, 6.45) is 1.51. The molecule has 0 aliphatic heterocycles. The van der Waals surface area contributed by atoms with Crippen LogP contribution < -0.4 is 0 Å². The minimum absolute atomic E-state index is 0.0269. The topological polar surface area (TPSA) is 173 Å². The Balaban J connectivity index is 1.78. The number of hydrogen-bond acceptors (Lipinski definition) is 8. The fourth-order valence-corrected chi connectivity index (χ4v) is 5.49. The van der Waals surface area contributed by atoms with Crippen LogP contribution in [0.5, 0.6) is 23.0 Å². The number of phenols is 4. The third kappa shape index (κ3) is 3.54. The molecule has 0 saturated carbocycles. The number of unbranched alkanes of at least 4 members (excludes halogenated alkanes) is 2. The quantitative estimate of drug-likeness (QED) is 0.220. The van der Waals surface area contributed by atoms with Gasteiger partial charge in [-0.25, -0.2) is 4.79 Å². The number of aryl methyl sites for hydroxylation is 1. The highest BCUT2D eigenvalue weighted by Crippen LogP contribution is 2.52. The van der Waals surface area contributed by atoms with Gasteiger partial charge >= 0.3 is 5.97 Å². The fourth-order valence-electron chi connectivity index (χ4n) is 5.49. The number of phenolic OH excluding ortho intramolecular Hbond substituents is 3. The second kappa shape index (κ2) is 8.63. The van der Waals surface area contributed by atoms with Crippen LogP contribution in [0.15, 0.2) is 24.3 Å². The minimum Gasteiger partial charge on any atom is -0.508 e. The molecule has 3 aromatic rings. The van der Waals surface area contributed by atoms with Crippen molar-refractivity contribution in [3.8, 4) is 34.1 Å². The Bertz CT molecular complexity index is 1530. The van der Waals surface area contributed by atoms with Gasteiger partial charge in [0.25, 0.3) is 0 Å². The Labute approximate surface area is 210 Å². The van der Waals surface area contributed by atoms with E-state index in [1.54, 1.807) is 6.07 Å². The summed E-state index contributed by atoms with van der Waals surface area (Å²) in [5, 5.41) is 63.2. The van der Waals surface area contributed by atoms with Gasteiger partial charge in [0.05, 0.1) is 17.2 Å². The van der Waals surface area contributed by atoms with Crippen molar-refractivity contribution in [2.45, 2.75) is 45.1 Å². The van der Waals surface area contributed by atoms with Crippen LogP contribution in [0.3, 0.4) is 0 Å². The van der Waals surface area contributed by atoms with Gasteiger partial charge in [-0.15, -0.1) is 0 Å². The number of carbonyl (C=O) groups excluding carboxylic acids is 2. The highest BCUT2D eigenvalue weighted by atomic mass is 16.4. The molecule has 190 valence electrons.